The smallest absolute Gasteiger partial charge is 0.230 e. The van der Waals surface area contributed by atoms with Gasteiger partial charge in [0.1, 0.15) is 5.75 Å². The van der Waals surface area contributed by atoms with Crippen molar-refractivity contribution in [2.75, 3.05) is 12.9 Å². The predicted molar refractivity (Wildman–Crippen MR) is 127 cm³/mol. The quantitative estimate of drug-likeness (QED) is 0.371. The number of methoxy groups -OCH3 is 1. The minimum atomic E-state index is -0.0811. The first-order valence-corrected chi connectivity index (χ1v) is 11.3. The standard InChI is InChI=1S/C24H21ClN4O2S/c1-31-21-13-12-19(14-20(21)25)29-23(18-10-6-3-7-11-18)27-28-24(29)32-16-22(30)26-15-17-8-4-2-5-9-17/h2-14H,15-16H2,1H3,(H,26,30). The summed E-state index contributed by atoms with van der Waals surface area (Å²) in [5, 5.41) is 12.8. The van der Waals surface area contributed by atoms with Gasteiger partial charge in [-0.05, 0) is 23.8 Å². The van der Waals surface area contributed by atoms with Gasteiger partial charge in [-0.3, -0.25) is 9.36 Å². The maximum atomic E-state index is 12.4. The summed E-state index contributed by atoms with van der Waals surface area (Å²) in [5.74, 6) is 1.38. The van der Waals surface area contributed by atoms with Crippen LogP contribution in [0.2, 0.25) is 5.02 Å². The van der Waals surface area contributed by atoms with Gasteiger partial charge in [0, 0.05) is 12.1 Å². The van der Waals surface area contributed by atoms with Crippen molar-refractivity contribution in [3.63, 3.8) is 0 Å². The van der Waals surface area contributed by atoms with Gasteiger partial charge >= 0.3 is 0 Å². The Morgan fingerprint density at radius 2 is 1.75 bits per heavy atom. The van der Waals surface area contributed by atoms with E-state index in [-0.39, 0.29) is 11.7 Å². The Morgan fingerprint density at radius 1 is 1.03 bits per heavy atom. The van der Waals surface area contributed by atoms with Gasteiger partial charge in [0.25, 0.3) is 0 Å². The number of nitrogens with zero attached hydrogens (tertiary/aromatic N) is 3. The van der Waals surface area contributed by atoms with E-state index < -0.39 is 0 Å². The fraction of sp³-hybridized carbons (Fsp3) is 0.125. The molecule has 1 amide bonds. The highest BCUT2D eigenvalue weighted by Gasteiger charge is 2.18. The fourth-order valence-corrected chi connectivity index (χ4v) is 4.18. The molecule has 0 aliphatic rings. The minimum absolute atomic E-state index is 0.0811. The number of carbonyl (C=O) groups excluding carboxylic acids is 1. The fourth-order valence-electron chi connectivity index (χ4n) is 3.14. The highest BCUT2D eigenvalue weighted by Crippen LogP contribution is 2.32. The number of halogens is 1. The molecule has 0 saturated carbocycles. The Morgan fingerprint density at radius 3 is 2.44 bits per heavy atom. The highest BCUT2D eigenvalue weighted by atomic mass is 35.5. The van der Waals surface area contributed by atoms with Crippen LogP contribution in [0, 0.1) is 0 Å². The van der Waals surface area contributed by atoms with Crippen molar-refractivity contribution in [1.29, 1.82) is 0 Å². The maximum Gasteiger partial charge on any atom is 0.230 e. The van der Waals surface area contributed by atoms with Crippen molar-refractivity contribution < 1.29 is 9.53 Å². The van der Waals surface area contributed by atoms with E-state index in [4.69, 9.17) is 16.3 Å². The predicted octanol–water partition coefficient (Wildman–Crippen LogP) is 5.00. The summed E-state index contributed by atoms with van der Waals surface area (Å²) >= 11 is 7.69. The third-order valence-electron chi connectivity index (χ3n) is 4.72. The second-order valence-electron chi connectivity index (χ2n) is 6.88. The molecule has 0 spiro atoms. The van der Waals surface area contributed by atoms with Crippen LogP contribution in [0.1, 0.15) is 5.56 Å². The SMILES string of the molecule is COc1ccc(-n2c(SCC(=O)NCc3ccccc3)nnc2-c2ccccc2)cc1Cl. The maximum absolute atomic E-state index is 12.4. The molecule has 0 saturated heterocycles. The lowest BCUT2D eigenvalue weighted by atomic mass is 10.2. The van der Waals surface area contributed by atoms with Crippen LogP contribution in [-0.4, -0.2) is 33.5 Å². The zero-order valence-corrected chi connectivity index (χ0v) is 18.9. The van der Waals surface area contributed by atoms with Crippen molar-refractivity contribution >= 4 is 29.3 Å². The van der Waals surface area contributed by atoms with Gasteiger partial charge in [-0.25, -0.2) is 0 Å². The normalized spacial score (nSPS) is 10.7. The lowest BCUT2D eigenvalue weighted by Gasteiger charge is -2.12. The number of hydrogen-bond acceptors (Lipinski definition) is 5. The van der Waals surface area contributed by atoms with Crippen LogP contribution in [-0.2, 0) is 11.3 Å². The Bertz CT molecular complexity index is 1200. The number of carbonyl (C=O) groups is 1. The van der Waals surface area contributed by atoms with Crippen molar-refractivity contribution in [3.05, 3.63) is 89.4 Å². The van der Waals surface area contributed by atoms with Crippen LogP contribution in [0.15, 0.2) is 84.0 Å². The second-order valence-corrected chi connectivity index (χ2v) is 8.23. The molecular weight excluding hydrogens is 444 g/mol. The van der Waals surface area contributed by atoms with E-state index >= 15 is 0 Å². The molecule has 0 bridgehead atoms. The van der Waals surface area contributed by atoms with E-state index in [0.29, 0.717) is 28.3 Å². The summed E-state index contributed by atoms with van der Waals surface area (Å²) < 4.78 is 7.17. The molecule has 1 N–H and O–H groups in total. The van der Waals surface area contributed by atoms with Gasteiger partial charge in [-0.1, -0.05) is 84.0 Å². The number of ether oxygens (including phenoxy) is 1. The lowest BCUT2D eigenvalue weighted by Crippen LogP contribution is -2.24. The van der Waals surface area contributed by atoms with Gasteiger partial charge in [-0.15, -0.1) is 10.2 Å². The molecule has 4 rings (SSSR count). The molecule has 1 aromatic heterocycles. The molecule has 0 unspecified atom stereocenters. The topological polar surface area (TPSA) is 69.0 Å². The summed E-state index contributed by atoms with van der Waals surface area (Å²) in [4.78, 5) is 12.4. The van der Waals surface area contributed by atoms with Gasteiger partial charge in [0.05, 0.1) is 23.6 Å². The minimum Gasteiger partial charge on any atom is -0.495 e. The molecule has 0 fully saturated rings. The van der Waals surface area contributed by atoms with E-state index in [0.717, 1.165) is 16.8 Å². The zero-order valence-electron chi connectivity index (χ0n) is 17.4. The summed E-state index contributed by atoms with van der Waals surface area (Å²) in [5.41, 5.74) is 2.74. The first-order chi connectivity index (χ1) is 15.7. The number of amides is 1. The summed E-state index contributed by atoms with van der Waals surface area (Å²) in [6, 6.07) is 25.0. The van der Waals surface area contributed by atoms with Crippen LogP contribution in [0.4, 0.5) is 0 Å². The first-order valence-electron chi connectivity index (χ1n) is 9.94. The van der Waals surface area contributed by atoms with Crippen LogP contribution in [0.3, 0.4) is 0 Å². The molecule has 3 aromatic carbocycles. The average molecular weight is 465 g/mol. The van der Waals surface area contributed by atoms with Crippen LogP contribution in [0.5, 0.6) is 5.75 Å². The average Bonchev–Trinajstić information content (AvgIpc) is 3.26. The van der Waals surface area contributed by atoms with Crippen molar-refractivity contribution in [2.24, 2.45) is 0 Å². The number of thioether (sulfide) groups is 1. The van der Waals surface area contributed by atoms with E-state index in [1.54, 1.807) is 19.2 Å². The number of rotatable bonds is 8. The molecule has 1 heterocycles. The molecule has 0 aliphatic heterocycles. The molecule has 0 atom stereocenters. The largest absolute Gasteiger partial charge is 0.495 e. The molecule has 4 aromatic rings. The van der Waals surface area contributed by atoms with E-state index in [1.165, 1.54) is 11.8 Å². The number of nitrogens with one attached hydrogen (secondary N) is 1. The Balaban J connectivity index is 1.57. The molecular formula is C24H21ClN4O2S. The Kier molecular flexibility index (Phi) is 7.09. The number of aromatic nitrogens is 3. The second kappa shape index (κ2) is 10.3. The molecule has 0 aliphatic carbocycles. The van der Waals surface area contributed by atoms with Gasteiger partial charge in [0.2, 0.25) is 5.91 Å². The van der Waals surface area contributed by atoms with E-state index in [2.05, 4.69) is 15.5 Å². The third kappa shape index (κ3) is 5.12. The van der Waals surface area contributed by atoms with Crippen LogP contribution < -0.4 is 10.1 Å². The van der Waals surface area contributed by atoms with Gasteiger partial charge < -0.3 is 10.1 Å². The molecule has 162 valence electrons. The van der Waals surface area contributed by atoms with E-state index in [9.17, 15) is 4.79 Å². The summed E-state index contributed by atoms with van der Waals surface area (Å²) in [6.45, 7) is 0.482. The highest BCUT2D eigenvalue weighted by molar-refractivity contribution is 7.99. The van der Waals surface area contributed by atoms with Crippen molar-refractivity contribution in [1.82, 2.24) is 20.1 Å². The van der Waals surface area contributed by atoms with Crippen molar-refractivity contribution in [2.45, 2.75) is 11.7 Å². The number of hydrogen-bond donors (Lipinski definition) is 1. The Labute approximate surface area is 195 Å². The molecule has 0 radical (unpaired) electrons. The Hall–Kier alpha value is -3.29. The monoisotopic (exact) mass is 464 g/mol. The third-order valence-corrected chi connectivity index (χ3v) is 5.95. The van der Waals surface area contributed by atoms with Crippen LogP contribution >= 0.6 is 23.4 Å². The molecule has 6 nitrogen and oxygen atoms in total. The summed E-state index contributed by atoms with van der Waals surface area (Å²) in [7, 11) is 1.57. The zero-order chi connectivity index (χ0) is 22.3. The molecule has 32 heavy (non-hydrogen) atoms. The first kappa shape index (κ1) is 21.9. The summed E-state index contributed by atoms with van der Waals surface area (Å²) in [6.07, 6.45) is 0. The number of benzene rings is 3. The van der Waals surface area contributed by atoms with Crippen LogP contribution in [0.25, 0.3) is 17.1 Å². The van der Waals surface area contributed by atoms with Gasteiger partial charge in [0.15, 0.2) is 11.0 Å². The lowest BCUT2D eigenvalue weighted by molar-refractivity contribution is -0.118. The molecule has 8 heteroatoms. The van der Waals surface area contributed by atoms with E-state index in [1.807, 2.05) is 71.3 Å². The van der Waals surface area contributed by atoms with Gasteiger partial charge in [-0.2, -0.15) is 0 Å². The van der Waals surface area contributed by atoms with Crippen molar-refractivity contribution in [3.8, 4) is 22.8 Å².